The smallest absolute Gasteiger partial charge is 0.414 e. The van der Waals surface area contributed by atoms with E-state index in [9.17, 15) is 0 Å². The number of ether oxygens (including phenoxy) is 2. The second-order valence-electron chi connectivity index (χ2n) is 5.27. The molecule has 0 amide bonds. The van der Waals surface area contributed by atoms with Crippen LogP contribution in [0.1, 0.15) is 11.1 Å². The summed E-state index contributed by atoms with van der Waals surface area (Å²) < 4.78 is 12.2. The molecule has 2 N–H and O–H groups in total. The highest BCUT2D eigenvalue weighted by molar-refractivity contribution is 9.10. The van der Waals surface area contributed by atoms with Gasteiger partial charge in [-0.05, 0) is 61.1 Å². The zero-order valence-electron chi connectivity index (χ0n) is 14.3. The molecule has 0 radical (unpaired) electrons. The van der Waals surface area contributed by atoms with E-state index in [2.05, 4.69) is 46.8 Å². The molecule has 7 nitrogen and oxygen atoms in total. The minimum Gasteiger partial charge on any atom is -0.490 e. The molecule has 0 aliphatic rings. The van der Waals surface area contributed by atoms with Crippen molar-refractivity contribution in [3.63, 3.8) is 0 Å². The van der Waals surface area contributed by atoms with Gasteiger partial charge in [0.15, 0.2) is 0 Å². The maximum Gasteiger partial charge on any atom is 0.414 e. The molecule has 1 rings (SSSR count). The minimum absolute atomic E-state index is 0.579. The highest BCUT2D eigenvalue weighted by Crippen LogP contribution is 2.29. The van der Waals surface area contributed by atoms with Crippen molar-refractivity contribution in [1.29, 1.82) is 0 Å². The van der Waals surface area contributed by atoms with Crippen LogP contribution in [0.3, 0.4) is 0 Å². The number of carboxylic acid groups (broad SMARTS) is 2. The molecule has 0 heterocycles. The molecule has 0 unspecified atom stereocenters. The second kappa shape index (κ2) is 11.8. The first-order valence-corrected chi connectivity index (χ1v) is 8.02. The Kier molecular flexibility index (Phi) is 11.0. The van der Waals surface area contributed by atoms with Gasteiger partial charge in [0.05, 0.1) is 17.7 Å². The fourth-order valence-electron chi connectivity index (χ4n) is 1.64. The van der Waals surface area contributed by atoms with Gasteiger partial charge in [-0.25, -0.2) is 9.59 Å². The molecule has 8 heteroatoms. The molecule has 0 saturated heterocycles. The fourth-order valence-corrected chi connectivity index (χ4v) is 2.43. The predicted octanol–water partition coefficient (Wildman–Crippen LogP) is 2.18. The third-order valence-electron chi connectivity index (χ3n) is 2.71. The average Bonchev–Trinajstić information content (AvgIpc) is 2.44. The number of benzene rings is 1. The third kappa shape index (κ3) is 10.2. The summed E-state index contributed by atoms with van der Waals surface area (Å²) in [5.74, 6) is -2.73. The molecule has 0 fully saturated rings. The highest BCUT2D eigenvalue weighted by atomic mass is 79.9. The lowest BCUT2D eigenvalue weighted by molar-refractivity contribution is -0.159. The van der Waals surface area contributed by atoms with Gasteiger partial charge in [-0.15, -0.1) is 0 Å². The Balaban J connectivity index is 0.000000754. The van der Waals surface area contributed by atoms with Crippen LogP contribution >= 0.6 is 15.9 Å². The molecule has 0 bridgehead atoms. The molecule has 1 aromatic rings. The second-order valence-corrected chi connectivity index (χ2v) is 6.12. The zero-order chi connectivity index (χ0) is 18.7. The van der Waals surface area contributed by atoms with E-state index in [0.29, 0.717) is 13.2 Å². The lowest BCUT2D eigenvalue weighted by Crippen LogP contribution is -2.19. The van der Waals surface area contributed by atoms with Crippen molar-refractivity contribution in [2.45, 2.75) is 13.8 Å². The summed E-state index contributed by atoms with van der Waals surface area (Å²) in [5.41, 5.74) is 2.38. The van der Waals surface area contributed by atoms with Crippen LogP contribution in [-0.2, 0) is 14.3 Å². The van der Waals surface area contributed by atoms with Crippen LogP contribution in [0.4, 0.5) is 0 Å². The van der Waals surface area contributed by atoms with Gasteiger partial charge < -0.3 is 24.6 Å². The summed E-state index contributed by atoms with van der Waals surface area (Å²) in [6, 6.07) is 4.18. The van der Waals surface area contributed by atoms with Crippen LogP contribution in [0.25, 0.3) is 0 Å². The van der Waals surface area contributed by atoms with Crippen LogP contribution in [0.15, 0.2) is 16.6 Å². The number of hydrogen-bond acceptors (Lipinski definition) is 5. The van der Waals surface area contributed by atoms with Crippen molar-refractivity contribution >= 4 is 27.9 Å². The van der Waals surface area contributed by atoms with Crippen molar-refractivity contribution < 1.29 is 29.3 Å². The molecule has 0 atom stereocenters. The number of aliphatic carboxylic acids is 2. The molecule has 1 aromatic carbocycles. The lowest BCUT2D eigenvalue weighted by Gasteiger charge is -2.13. The fraction of sp³-hybridized carbons (Fsp3) is 0.500. The summed E-state index contributed by atoms with van der Waals surface area (Å²) in [5, 5.41) is 14.8. The first-order valence-electron chi connectivity index (χ1n) is 7.23. The van der Waals surface area contributed by atoms with E-state index < -0.39 is 11.9 Å². The van der Waals surface area contributed by atoms with Gasteiger partial charge in [0.1, 0.15) is 12.4 Å². The van der Waals surface area contributed by atoms with Crippen molar-refractivity contribution in [1.82, 2.24) is 4.90 Å². The van der Waals surface area contributed by atoms with Crippen molar-refractivity contribution in [3.05, 3.63) is 27.7 Å². The molecular formula is C16H24BrNO6. The third-order valence-corrected chi connectivity index (χ3v) is 3.30. The van der Waals surface area contributed by atoms with E-state index in [4.69, 9.17) is 29.3 Å². The normalized spacial score (nSPS) is 10.1. The summed E-state index contributed by atoms with van der Waals surface area (Å²) in [4.78, 5) is 20.3. The van der Waals surface area contributed by atoms with E-state index in [1.807, 2.05) is 14.1 Å². The Hall–Kier alpha value is -1.64. The molecular weight excluding hydrogens is 382 g/mol. The van der Waals surface area contributed by atoms with Crippen molar-refractivity contribution in [2.75, 3.05) is 40.5 Å². The van der Waals surface area contributed by atoms with E-state index in [0.717, 1.165) is 28.9 Å². The number of nitrogens with zero attached hydrogens (tertiary/aromatic N) is 1. The maximum absolute atomic E-state index is 9.10. The molecule has 0 aromatic heterocycles. The topological polar surface area (TPSA) is 96.3 Å². The quantitative estimate of drug-likeness (QED) is 0.529. The van der Waals surface area contributed by atoms with Crippen molar-refractivity contribution in [2.24, 2.45) is 0 Å². The van der Waals surface area contributed by atoms with Gasteiger partial charge in [-0.1, -0.05) is 6.07 Å². The maximum atomic E-state index is 9.10. The zero-order valence-corrected chi connectivity index (χ0v) is 15.9. The number of carboxylic acids is 2. The minimum atomic E-state index is -1.82. The molecule has 0 aliphatic carbocycles. The number of halogens is 1. The van der Waals surface area contributed by atoms with E-state index >= 15 is 0 Å². The summed E-state index contributed by atoms with van der Waals surface area (Å²) in [6.07, 6.45) is 0. The first kappa shape index (κ1) is 22.4. The van der Waals surface area contributed by atoms with Gasteiger partial charge in [0, 0.05) is 6.54 Å². The van der Waals surface area contributed by atoms with Crippen LogP contribution < -0.4 is 4.74 Å². The summed E-state index contributed by atoms with van der Waals surface area (Å²) in [7, 11) is 4.07. The Morgan fingerprint density at radius 1 is 1.08 bits per heavy atom. The molecule has 24 heavy (non-hydrogen) atoms. The van der Waals surface area contributed by atoms with Crippen molar-refractivity contribution in [3.8, 4) is 5.75 Å². The largest absolute Gasteiger partial charge is 0.490 e. The molecule has 0 aliphatic heterocycles. The predicted molar refractivity (Wildman–Crippen MR) is 93.8 cm³/mol. The van der Waals surface area contributed by atoms with Gasteiger partial charge in [-0.2, -0.15) is 0 Å². The number of aryl methyl sites for hydroxylation is 2. The SMILES string of the molecule is Cc1cc(C)c(OCCOCCN(C)C)c(Br)c1.O=C(O)C(=O)O. The van der Waals surface area contributed by atoms with E-state index in [1.54, 1.807) is 0 Å². The lowest BCUT2D eigenvalue weighted by atomic mass is 10.1. The van der Waals surface area contributed by atoms with Crippen LogP contribution in [0, 0.1) is 13.8 Å². The standard InChI is InChI=1S/C14H22BrNO2.C2H2O4/c1-11-9-12(2)14(13(15)10-11)18-8-7-17-6-5-16(3)4;3-1(4)2(5)6/h9-10H,5-8H2,1-4H3;(H,3,4)(H,5,6). The Morgan fingerprint density at radius 3 is 2.12 bits per heavy atom. The van der Waals surface area contributed by atoms with Crippen LogP contribution in [0.2, 0.25) is 0 Å². The monoisotopic (exact) mass is 405 g/mol. The highest BCUT2D eigenvalue weighted by Gasteiger charge is 2.06. The first-order chi connectivity index (χ1) is 11.1. The molecule has 0 saturated carbocycles. The Bertz CT molecular complexity index is 512. The van der Waals surface area contributed by atoms with Gasteiger partial charge >= 0.3 is 11.9 Å². The number of rotatable bonds is 7. The number of likely N-dealkylation sites (N-methyl/N-ethyl adjacent to an activating group) is 1. The summed E-state index contributed by atoms with van der Waals surface area (Å²) in [6.45, 7) is 7.01. The Morgan fingerprint density at radius 2 is 1.67 bits per heavy atom. The van der Waals surface area contributed by atoms with Gasteiger partial charge in [0.2, 0.25) is 0 Å². The van der Waals surface area contributed by atoms with Gasteiger partial charge in [0.25, 0.3) is 0 Å². The Labute approximate surface area is 150 Å². The average molecular weight is 406 g/mol. The number of hydrogen-bond donors (Lipinski definition) is 2. The van der Waals surface area contributed by atoms with Crippen LogP contribution in [0.5, 0.6) is 5.75 Å². The van der Waals surface area contributed by atoms with Crippen LogP contribution in [-0.4, -0.2) is 67.5 Å². The molecule has 0 spiro atoms. The van der Waals surface area contributed by atoms with E-state index in [1.165, 1.54) is 5.56 Å². The summed E-state index contributed by atoms with van der Waals surface area (Å²) >= 11 is 3.53. The van der Waals surface area contributed by atoms with Gasteiger partial charge in [-0.3, -0.25) is 0 Å². The van der Waals surface area contributed by atoms with E-state index in [-0.39, 0.29) is 0 Å². The molecule has 136 valence electrons. The number of carbonyl (C=O) groups is 2.